The molecule has 0 atom stereocenters. The standard InChI is InChI=1S/C14H14Cl3NOS/c15-11-7-12(16)14(13(17)8-11)19-5-4-18-3-1-10-2-6-20-9-10/h2,6-9,18H,1,3-5H2. The molecule has 1 aromatic carbocycles. The molecule has 0 aliphatic rings. The van der Waals surface area contributed by atoms with Gasteiger partial charge in [0.15, 0.2) is 5.75 Å². The highest BCUT2D eigenvalue weighted by molar-refractivity contribution is 7.07. The molecule has 0 fully saturated rings. The Hall–Kier alpha value is -0.450. The van der Waals surface area contributed by atoms with Crippen LogP contribution >= 0.6 is 46.1 Å². The molecule has 1 aromatic heterocycles. The highest BCUT2D eigenvalue weighted by Gasteiger charge is 2.08. The van der Waals surface area contributed by atoms with Gasteiger partial charge in [0.2, 0.25) is 0 Å². The lowest BCUT2D eigenvalue weighted by molar-refractivity contribution is 0.315. The second kappa shape index (κ2) is 8.11. The van der Waals surface area contributed by atoms with E-state index in [1.807, 2.05) is 0 Å². The first kappa shape index (κ1) is 15.9. The number of halogens is 3. The average molecular weight is 351 g/mol. The van der Waals surface area contributed by atoms with E-state index in [-0.39, 0.29) is 0 Å². The van der Waals surface area contributed by atoms with Gasteiger partial charge in [-0.25, -0.2) is 0 Å². The van der Waals surface area contributed by atoms with Gasteiger partial charge in [-0.1, -0.05) is 34.8 Å². The van der Waals surface area contributed by atoms with Gasteiger partial charge in [-0.2, -0.15) is 11.3 Å². The summed E-state index contributed by atoms with van der Waals surface area (Å²) in [6.07, 6.45) is 1.02. The van der Waals surface area contributed by atoms with Crippen molar-refractivity contribution in [2.24, 2.45) is 0 Å². The van der Waals surface area contributed by atoms with Crippen molar-refractivity contribution in [2.45, 2.75) is 6.42 Å². The average Bonchev–Trinajstić information content (AvgIpc) is 2.89. The molecule has 0 bridgehead atoms. The van der Waals surface area contributed by atoms with Gasteiger partial charge in [0.1, 0.15) is 6.61 Å². The summed E-state index contributed by atoms with van der Waals surface area (Å²) in [6, 6.07) is 5.37. The van der Waals surface area contributed by atoms with Crippen molar-refractivity contribution in [3.63, 3.8) is 0 Å². The summed E-state index contributed by atoms with van der Waals surface area (Å²) in [5, 5.41) is 8.92. The van der Waals surface area contributed by atoms with Crippen molar-refractivity contribution in [1.29, 1.82) is 0 Å². The van der Waals surface area contributed by atoms with E-state index in [1.54, 1.807) is 23.5 Å². The van der Waals surface area contributed by atoms with Gasteiger partial charge < -0.3 is 10.1 Å². The van der Waals surface area contributed by atoms with Crippen molar-refractivity contribution >= 4 is 46.1 Å². The first-order valence-corrected chi connectivity index (χ1v) is 8.23. The van der Waals surface area contributed by atoms with Crippen LogP contribution < -0.4 is 10.1 Å². The molecule has 0 radical (unpaired) electrons. The van der Waals surface area contributed by atoms with E-state index in [1.165, 1.54) is 5.56 Å². The predicted octanol–water partition coefficient (Wildman–Crippen LogP) is 4.92. The van der Waals surface area contributed by atoms with Crippen molar-refractivity contribution < 1.29 is 4.74 Å². The van der Waals surface area contributed by atoms with Crippen molar-refractivity contribution in [3.8, 4) is 5.75 Å². The van der Waals surface area contributed by atoms with Crippen LogP contribution in [-0.4, -0.2) is 19.7 Å². The molecular weight excluding hydrogens is 337 g/mol. The molecule has 2 rings (SSSR count). The van der Waals surface area contributed by atoms with Crippen LogP contribution in [0.4, 0.5) is 0 Å². The second-order valence-electron chi connectivity index (χ2n) is 4.18. The number of hydrogen-bond acceptors (Lipinski definition) is 3. The van der Waals surface area contributed by atoms with Gasteiger partial charge in [0.25, 0.3) is 0 Å². The van der Waals surface area contributed by atoms with Gasteiger partial charge in [0.05, 0.1) is 10.0 Å². The maximum atomic E-state index is 6.03. The zero-order valence-electron chi connectivity index (χ0n) is 10.7. The van der Waals surface area contributed by atoms with Crippen LogP contribution in [0.3, 0.4) is 0 Å². The molecule has 0 spiro atoms. The summed E-state index contributed by atoms with van der Waals surface area (Å²) in [4.78, 5) is 0. The van der Waals surface area contributed by atoms with Crippen molar-refractivity contribution in [3.05, 3.63) is 49.6 Å². The van der Waals surface area contributed by atoms with E-state index < -0.39 is 0 Å². The highest BCUT2D eigenvalue weighted by Crippen LogP contribution is 2.35. The van der Waals surface area contributed by atoms with Crippen LogP contribution in [-0.2, 0) is 6.42 Å². The third-order valence-corrected chi connectivity index (χ3v) is 4.17. The molecular formula is C14H14Cl3NOS. The van der Waals surface area contributed by atoms with Crippen LogP contribution in [0.15, 0.2) is 29.0 Å². The predicted molar refractivity (Wildman–Crippen MR) is 87.9 cm³/mol. The highest BCUT2D eigenvalue weighted by atomic mass is 35.5. The first-order chi connectivity index (χ1) is 9.66. The summed E-state index contributed by atoms with van der Waals surface area (Å²) in [5.74, 6) is 0.484. The maximum absolute atomic E-state index is 6.03. The number of thiophene rings is 1. The minimum atomic E-state index is 0.431. The summed E-state index contributed by atoms with van der Waals surface area (Å²) < 4.78 is 5.58. The fourth-order valence-corrected chi connectivity index (χ4v) is 3.31. The molecule has 108 valence electrons. The lowest BCUT2D eigenvalue weighted by Gasteiger charge is -2.10. The Balaban J connectivity index is 1.68. The van der Waals surface area contributed by atoms with Crippen LogP contribution in [0.5, 0.6) is 5.75 Å². The zero-order chi connectivity index (χ0) is 14.4. The topological polar surface area (TPSA) is 21.3 Å². The number of benzene rings is 1. The molecule has 0 aliphatic carbocycles. The summed E-state index contributed by atoms with van der Waals surface area (Å²) >= 11 is 19.6. The molecule has 0 unspecified atom stereocenters. The van der Waals surface area contributed by atoms with Gasteiger partial charge in [0, 0.05) is 11.6 Å². The number of nitrogens with one attached hydrogen (secondary N) is 1. The minimum Gasteiger partial charge on any atom is -0.489 e. The quantitative estimate of drug-likeness (QED) is 0.716. The van der Waals surface area contributed by atoms with E-state index in [0.717, 1.165) is 19.5 Å². The molecule has 0 saturated carbocycles. The molecule has 1 heterocycles. The lowest BCUT2D eigenvalue weighted by Crippen LogP contribution is -2.23. The molecule has 6 heteroatoms. The Morgan fingerprint density at radius 1 is 1.10 bits per heavy atom. The van der Waals surface area contributed by atoms with Gasteiger partial charge in [-0.3, -0.25) is 0 Å². The summed E-state index contributed by atoms with van der Waals surface area (Å²) in [7, 11) is 0. The Morgan fingerprint density at radius 3 is 2.50 bits per heavy atom. The maximum Gasteiger partial charge on any atom is 0.156 e. The Labute approximate surface area is 137 Å². The van der Waals surface area contributed by atoms with Crippen LogP contribution in [0, 0.1) is 0 Å². The van der Waals surface area contributed by atoms with E-state index in [4.69, 9.17) is 39.5 Å². The molecule has 0 saturated heterocycles. The van der Waals surface area contributed by atoms with E-state index in [9.17, 15) is 0 Å². The number of hydrogen-bond donors (Lipinski definition) is 1. The molecule has 1 N–H and O–H groups in total. The Bertz CT molecular complexity index is 522. The third-order valence-electron chi connectivity index (χ3n) is 2.66. The third kappa shape index (κ3) is 4.83. The normalized spacial score (nSPS) is 10.8. The molecule has 0 aliphatic heterocycles. The van der Waals surface area contributed by atoms with Crippen molar-refractivity contribution in [2.75, 3.05) is 19.7 Å². The second-order valence-corrected chi connectivity index (χ2v) is 6.21. The van der Waals surface area contributed by atoms with Crippen LogP contribution in [0.2, 0.25) is 15.1 Å². The number of ether oxygens (including phenoxy) is 1. The van der Waals surface area contributed by atoms with Crippen LogP contribution in [0.1, 0.15) is 5.56 Å². The summed E-state index contributed by atoms with van der Waals surface area (Å²) in [6.45, 7) is 2.16. The largest absolute Gasteiger partial charge is 0.489 e. The molecule has 2 aromatic rings. The van der Waals surface area contributed by atoms with E-state index >= 15 is 0 Å². The fourth-order valence-electron chi connectivity index (χ4n) is 1.68. The Kier molecular flexibility index (Phi) is 6.46. The van der Waals surface area contributed by atoms with E-state index in [2.05, 4.69) is 22.1 Å². The minimum absolute atomic E-state index is 0.431. The SMILES string of the molecule is Clc1cc(Cl)c(OCCNCCc2ccsc2)c(Cl)c1. The summed E-state index contributed by atoms with van der Waals surface area (Å²) in [5.41, 5.74) is 1.35. The van der Waals surface area contributed by atoms with Crippen molar-refractivity contribution in [1.82, 2.24) is 5.32 Å². The van der Waals surface area contributed by atoms with Gasteiger partial charge in [-0.15, -0.1) is 0 Å². The smallest absolute Gasteiger partial charge is 0.156 e. The molecule has 2 nitrogen and oxygen atoms in total. The molecule has 20 heavy (non-hydrogen) atoms. The van der Waals surface area contributed by atoms with Crippen LogP contribution in [0.25, 0.3) is 0 Å². The fraction of sp³-hybridized carbons (Fsp3) is 0.286. The monoisotopic (exact) mass is 349 g/mol. The lowest BCUT2D eigenvalue weighted by atomic mass is 10.2. The first-order valence-electron chi connectivity index (χ1n) is 6.16. The zero-order valence-corrected chi connectivity index (χ0v) is 13.7. The Morgan fingerprint density at radius 2 is 1.85 bits per heavy atom. The van der Waals surface area contributed by atoms with E-state index in [0.29, 0.717) is 27.4 Å². The molecule has 0 amide bonds. The van der Waals surface area contributed by atoms with Gasteiger partial charge >= 0.3 is 0 Å². The number of rotatable bonds is 7. The van der Waals surface area contributed by atoms with Gasteiger partial charge in [-0.05, 0) is 47.5 Å².